The van der Waals surface area contributed by atoms with Crippen LogP contribution in [0.5, 0.6) is 0 Å². The zero-order chi connectivity index (χ0) is 18.5. The zero-order valence-electron chi connectivity index (χ0n) is 14.1. The molecule has 1 amide bonds. The number of hydrogen-bond acceptors (Lipinski definition) is 4. The molecule has 1 aromatic heterocycles. The molecule has 0 spiro atoms. The summed E-state index contributed by atoms with van der Waals surface area (Å²) in [6.07, 6.45) is -0.509. The second kappa shape index (κ2) is 7.52. The quantitative estimate of drug-likeness (QED) is 0.755. The minimum absolute atomic E-state index is 0.172. The highest BCUT2D eigenvalue weighted by atomic mass is 16.6. The maximum atomic E-state index is 12.3. The Kier molecular flexibility index (Phi) is 4.98. The molecule has 3 aromatic rings. The van der Waals surface area contributed by atoms with Crippen LogP contribution in [0, 0.1) is 0 Å². The topological polar surface area (TPSA) is 95.3 Å². The molecule has 7 heteroatoms. The van der Waals surface area contributed by atoms with Gasteiger partial charge >= 0.3 is 11.8 Å². The van der Waals surface area contributed by atoms with Crippen LogP contribution < -0.4 is 16.1 Å². The van der Waals surface area contributed by atoms with Gasteiger partial charge in [-0.3, -0.25) is 14.7 Å². The van der Waals surface area contributed by atoms with Gasteiger partial charge < -0.3 is 9.72 Å². The molecule has 2 N–H and O–H groups in total. The lowest BCUT2D eigenvalue weighted by Crippen LogP contribution is -2.27. The summed E-state index contributed by atoms with van der Waals surface area (Å²) in [5.74, 6) is 0. The number of benzene rings is 2. The molecule has 26 heavy (non-hydrogen) atoms. The number of carbonyl (C=O) groups is 1. The van der Waals surface area contributed by atoms with E-state index in [1.165, 1.54) is 11.0 Å². The number of nitrogens with zero attached hydrogens (tertiary/aromatic N) is 1. The van der Waals surface area contributed by atoms with Crippen LogP contribution in [0.25, 0.3) is 11.3 Å². The zero-order valence-corrected chi connectivity index (χ0v) is 14.1. The highest BCUT2D eigenvalue weighted by Crippen LogP contribution is 2.22. The summed E-state index contributed by atoms with van der Waals surface area (Å²) in [4.78, 5) is 41.2. The van der Waals surface area contributed by atoms with E-state index < -0.39 is 17.3 Å². The number of nitrogens with one attached hydrogen (secondary N) is 2. The van der Waals surface area contributed by atoms with Crippen molar-refractivity contribution in [1.82, 2.24) is 9.97 Å². The minimum atomic E-state index is -0.589. The van der Waals surface area contributed by atoms with Gasteiger partial charge in [0, 0.05) is 24.4 Å². The van der Waals surface area contributed by atoms with Crippen molar-refractivity contribution in [2.45, 2.75) is 6.61 Å². The van der Waals surface area contributed by atoms with Gasteiger partial charge in [-0.15, -0.1) is 0 Å². The SMILES string of the molecule is CN(C(=O)OCc1ccccc1)c1cccc(-c2cc(=O)[nH]c(=O)[nH]2)c1. The number of ether oxygens (including phenoxy) is 1. The Morgan fingerprint density at radius 2 is 1.77 bits per heavy atom. The molecule has 0 saturated heterocycles. The molecule has 0 radical (unpaired) electrons. The smallest absolute Gasteiger partial charge is 0.414 e. The molecule has 1 heterocycles. The minimum Gasteiger partial charge on any atom is -0.444 e. The van der Waals surface area contributed by atoms with Crippen LogP contribution in [0.15, 0.2) is 70.3 Å². The fourth-order valence-corrected chi connectivity index (χ4v) is 2.43. The van der Waals surface area contributed by atoms with Gasteiger partial charge in [-0.1, -0.05) is 42.5 Å². The molecule has 2 aromatic carbocycles. The number of amides is 1. The predicted octanol–water partition coefficient (Wildman–Crippen LogP) is 2.50. The van der Waals surface area contributed by atoms with E-state index in [-0.39, 0.29) is 6.61 Å². The summed E-state index contributed by atoms with van der Waals surface area (Å²) in [5, 5.41) is 0. The van der Waals surface area contributed by atoms with Crippen molar-refractivity contribution >= 4 is 11.8 Å². The van der Waals surface area contributed by atoms with E-state index in [4.69, 9.17) is 4.74 Å². The van der Waals surface area contributed by atoms with Crippen molar-refractivity contribution in [3.63, 3.8) is 0 Å². The first-order chi connectivity index (χ1) is 12.5. The first-order valence-corrected chi connectivity index (χ1v) is 7.91. The summed E-state index contributed by atoms with van der Waals surface area (Å²) in [5.41, 5.74) is 1.35. The number of aromatic amines is 2. The molecule has 132 valence electrons. The summed E-state index contributed by atoms with van der Waals surface area (Å²) < 4.78 is 5.30. The predicted molar refractivity (Wildman–Crippen MR) is 98.1 cm³/mol. The maximum absolute atomic E-state index is 12.3. The molecule has 0 fully saturated rings. The van der Waals surface area contributed by atoms with Crippen LogP contribution in [0.4, 0.5) is 10.5 Å². The van der Waals surface area contributed by atoms with E-state index in [2.05, 4.69) is 9.97 Å². The highest BCUT2D eigenvalue weighted by molar-refractivity contribution is 5.88. The average molecular weight is 351 g/mol. The van der Waals surface area contributed by atoms with Gasteiger partial charge in [0.2, 0.25) is 0 Å². The maximum Gasteiger partial charge on any atom is 0.414 e. The third kappa shape index (κ3) is 4.07. The Morgan fingerprint density at radius 1 is 1.00 bits per heavy atom. The Labute approximate surface area is 148 Å². The molecule has 3 rings (SSSR count). The number of rotatable bonds is 4. The number of aromatic nitrogens is 2. The fourth-order valence-electron chi connectivity index (χ4n) is 2.43. The van der Waals surface area contributed by atoms with Gasteiger partial charge in [-0.05, 0) is 17.7 Å². The molecule has 7 nitrogen and oxygen atoms in total. The van der Waals surface area contributed by atoms with Gasteiger partial charge in [0.15, 0.2) is 0 Å². The number of anilines is 1. The standard InChI is InChI=1S/C19H17N3O4/c1-22(19(25)26-12-13-6-3-2-4-7-13)15-9-5-8-14(10-15)16-11-17(23)21-18(24)20-16/h2-11H,12H2,1H3,(H2,20,21,23,24). The van der Waals surface area contributed by atoms with E-state index >= 15 is 0 Å². The largest absolute Gasteiger partial charge is 0.444 e. The summed E-state index contributed by atoms with van der Waals surface area (Å²) >= 11 is 0. The van der Waals surface area contributed by atoms with Crippen molar-refractivity contribution in [2.24, 2.45) is 0 Å². The highest BCUT2D eigenvalue weighted by Gasteiger charge is 2.13. The van der Waals surface area contributed by atoms with Gasteiger partial charge in [-0.25, -0.2) is 9.59 Å². The monoisotopic (exact) mass is 351 g/mol. The van der Waals surface area contributed by atoms with Gasteiger partial charge in [0.25, 0.3) is 5.56 Å². The van der Waals surface area contributed by atoms with E-state index in [1.54, 1.807) is 31.3 Å². The average Bonchev–Trinajstić information content (AvgIpc) is 2.65. The van der Waals surface area contributed by atoms with Crippen molar-refractivity contribution in [3.8, 4) is 11.3 Å². The molecular formula is C19H17N3O4. The molecule has 0 unspecified atom stereocenters. The van der Waals surface area contributed by atoms with E-state index in [9.17, 15) is 14.4 Å². The molecule has 0 saturated carbocycles. The fraction of sp³-hybridized carbons (Fsp3) is 0.105. The van der Waals surface area contributed by atoms with E-state index in [0.717, 1.165) is 5.56 Å². The van der Waals surface area contributed by atoms with Gasteiger partial charge in [0.05, 0.1) is 5.69 Å². The Morgan fingerprint density at radius 3 is 2.50 bits per heavy atom. The third-order valence-electron chi connectivity index (χ3n) is 3.78. The second-order valence-corrected chi connectivity index (χ2v) is 5.65. The summed E-state index contributed by atoms with van der Waals surface area (Å²) in [7, 11) is 1.59. The first kappa shape index (κ1) is 17.2. The lowest BCUT2D eigenvalue weighted by atomic mass is 10.1. The van der Waals surface area contributed by atoms with Crippen molar-refractivity contribution in [3.05, 3.63) is 87.1 Å². The Bertz CT molecular complexity index is 996. The van der Waals surface area contributed by atoms with Crippen LogP contribution in [0.3, 0.4) is 0 Å². The van der Waals surface area contributed by atoms with Crippen LogP contribution in [-0.4, -0.2) is 23.1 Å². The number of H-pyrrole nitrogens is 2. The molecule has 0 aliphatic rings. The molecular weight excluding hydrogens is 334 g/mol. The lowest BCUT2D eigenvalue weighted by molar-refractivity contribution is 0.148. The Balaban J connectivity index is 1.77. The molecule has 0 aliphatic carbocycles. The Hall–Kier alpha value is -3.61. The van der Waals surface area contributed by atoms with E-state index in [1.807, 2.05) is 30.3 Å². The number of carbonyl (C=O) groups excluding carboxylic acids is 1. The van der Waals surface area contributed by atoms with Crippen molar-refractivity contribution < 1.29 is 9.53 Å². The second-order valence-electron chi connectivity index (χ2n) is 5.65. The molecule has 0 aliphatic heterocycles. The van der Waals surface area contributed by atoms with Gasteiger partial charge in [-0.2, -0.15) is 0 Å². The van der Waals surface area contributed by atoms with Crippen LogP contribution >= 0.6 is 0 Å². The van der Waals surface area contributed by atoms with Gasteiger partial charge in [0.1, 0.15) is 6.61 Å². The lowest BCUT2D eigenvalue weighted by Gasteiger charge is -2.18. The van der Waals surface area contributed by atoms with Crippen molar-refractivity contribution in [1.29, 1.82) is 0 Å². The molecule has 0 atom stereocenters. The van der Waals surface area contributed by atoms with Crippen LogP contribution in [0.1, 0.15) is 5.56 Å². The summed E-state index contributed by atoms with van der Waals surface area (Å²) in [6.45, 7) is 0.172. The van der Waals surface area contributed by atoms with E-state index in [0.29, 0.717) is 16.9 Å². The third-order valence-corrected chi connectivity index (χ3v) is 3.78. The molecule has 0 bridgehead atoms. The normalized spacial score (nSPS) is 10.3. The van der Waals surface area contributed by atoms with Crippen LogP contribution in [0.2, 0.25) is 0 Å². The van der Waals surface area contributed by atoms with Crippen LogP contribution in [-0.2, 0) is 11.3 Å². The van der Waals surface area contributed by atoms with Crippen molar-refractivity contribution in [2.75, 3.05) is 11.9 Å². The number of hydrogen-bond donors (Lipinski definition) is 2. The first-order valence-electron chi connectivity index (χ1n) is 7.91. The summed E-state index contributed by atoms with van der Waals surface area (Å²) in [6, 6.07) is 17.6.